The number of benzene rings is 4. The number of hydrogen-bond donors (Lipinski definition) is 2. The molecule has 4 fully saturated rings. The first-order valence-electron chi connectivity index (χ1n) is 26.3. The summed E-state index contributed by atoms with van der Waals surface area (Å²) < 4.78 is 15.4. The maximum atomic E-state index is 14.7. The fourth-order valence-corrected chi connectivity index (χ4v) is 11.6. The summed E-state index contributed by atoms with van der Waals surface area (Å²) >= 11 is 0. The lowest BCUT2D eigenvalue weighted by molar-refractivity contribution is 0.0930. The molecule has 2 aromatic heterocycles. The summed E-state index contributed by atoms with van der Waals surface area (Å²) in [6.45, 7) is 22.0. The minimum Gasteiger partial charge on any atom is -0.497 e. The second-order valence-corrected chi connectivity index (χ2v) is 21.7. The number of rotatable bonds is 16. The highest BCUT2D eigenvalue weighted by Gasteiger charge is 2.39. The molecular weight excluding hydrogens is 913 g/mol. The number of carbonyl (C=O) groups excluding carboxylic acids is 2. The number of nitrogens with zero attached hydrogens (tertiary/aromatic N) is 8. The molecule has 73 heavy (non-hydrogen) atoms. The molecule has 0 bridgehead atoms. The summed E-state index contributed by atoms with van der Waals surface area (Å²) in [5.74, 6) is 3.29. The van der Waals surface area contributed by atoms with Gasteiger partial charge < -0.3 is 34.8 Å². The topological polar surface area (TPSA) is 125 Å². The lowest BCUT2D eigenvalue weighted by Gasteiger charge is -2.36. The first kappa shape index (κ1) is 49.9. The van der Waals surface area contributed by atoms with Gasteiger partial charge >= 0.3 is 0 Å². The summed E-state index contributed by atoms with van der Waals surface area (Å²) in [5, 5.41) is 16.3. The molecule has 2 unspecified atom stereocenters. The fourth-order valence-electron chi connectivity index (χ4n) is 11.6. The number of anilines is 2. The number of piperazine rings is 1. The maximum Gasteiger partial charge on any atom is 0.252 e. The fraction of sp³-hybridized carbons (Fsp3) is 0.458. The lowest BCUT2D eigenvalue weighted by Crippen LogP contribution is -2.47. The van der Waals surface area contributed by atoms with Gasteiger partial charge in [-0.3, -0.25) is 23.9 Å². The van der Waals surface area contributed by atoms with Crippen molar-refractivity contribution in [2.75, 3.05) is 90.0 Å². The molecule has 6 aromatic rings. The van der Waals surface area contributed by atoms with Gasteiger partial charge in [-0.05, 0) is 179 Å². The van der Waals surface area contributed by atoms with Gasteiger partial charge in [0.25, 0.3) is 11.8 Å². The molecule has 0 spiro atoms. The van der Waals surface area contributed by atoms with E-state index in [0.29, 0.717) is 35.3 Å². The Morgan fingerprint density at radius 3 is 1.81 bits per heavy atom. The molecule has 2 amide bonds. The standard InChI is InChI=1S/C59H74N10O4/c1-36-11-14-50(67-17-15-66(16-18-67)28-42-12-13-42)26-54(36)58(70)60-38(3)44-20-46(25-53(23-44)73-10)57-35-69(63-41(57)6)33-47-21-51(68-31-48-29-64(7)30-49(48)32-68)27-55(37(47)2)59(71)61-39(4)43-19-45(24-52(22-43)72-9)56-34-65(8)62-40(56)5/h11,14,19-27,34-35,38-39,42,48-49H,12-13,15-18,28-33H2,1-10H3,(H,60,70)(H,61,71)/t38-,39-,48?,49?/m1/s1. The Balaban J connectivity index is 0.889. The summed E-state index contributed by atoms with van der Waals surface area (Å²) in [7, 11) is 7.48. The van der Waals surface area contributed by atoms with Gasteiger partial charge in [0.1, 0.15) is 11.5 Å². The van der Waals surface area contributed by atoms with E-state index in [1.54, 1.807) is 14.2 Å². The van der Waals surface area contributed by atoms with Gasteiger partial charge in [0.2, 0.25) is 0 Å². The second kappa shape index (κ2) is 20.7. The van der Waals surface area contributed by atoms with Crippen LogP contribution in [-0.2, 0) is 13.6 Å². The molecule has 2 N–H and O–H groups in total. The van der Waals surface area contributed by atoms with Gasteiger partial charge in [-0.1, -0.05) is 6.07 Å². The Hall–Kier alpha value is -6.64. The Labute approximate surface area is 431 Å². The van der Waals surface area contributed by atoms with Crippen LogP contribution in [0.3, 0.4) is 0 Å². The molecule has 4 aliphatic rings. The Bertz CT molecular complexity index is 3010. The van der Waals surface area contributed by atoms with E-state index >= 15 is 0 Å². The number of methoxy groups -OCH3 is 2. The highest BCUT2D eigenvalue weighted by molar-refractivity contribution is 5.98. The summed E-state index contributed by atoms with van der Waals surface area (Å²) in [5.41, 5.74) is 14.0. The van der Waals surface area contributed by atoms with Crippen LogP contribution >= 0.6 is 0 Å². The van der Waals surface area contributed by atoms with Crippen molar-refractivity contribution in [1.82, 2.24) is 40.0 Å². The molecule has 3 saturated heterocycles. The molecule has 1 aliphatic carbocycles. The van der Waals surface area contributed by atoms with E-state index in [0.717, 1.165) is 137 Å². The predicted octanol–water partition coefficient (Wildman–Crippen LogP) is 8.76. The Morgan fingerprint density at radius 2 is 1.23 bits per heavy atom. The quantitative estimate of drug-likeness (QED) is 0.0973. The van der Waals surface area contributed by atoms with Crippen LogP contribution in [0.1, 0.15) is 98.7 Å². The summed E-state index contributed by atoms with van der Waals surface area (Å²) in [4.78, 5) is 38.6. The summed E-state index contributed by atoms with van der Waals surface area (Å²) in [6.07, 6.45) is 6.85. The third-order valence-corrected chi connectivity index (χ3v) is 16.1. The molecule has 3 aliphatic heterocycles. The lowest BCUT2D eigenvalue weighted by atomic mass is 9.97. The highest BCUT2D eigenvalue weighted by Crippen LogP contribution is 2.37. The van der Waals surface area contributed by atoms with Crippen LogP contribution in [-0.4, -0.2) is 121 Å². The maximum absolute atomic E-state index is 14.7. The van der Waals surface area contributed by atoms with Crippen LogP contribution in [0, 0.1) is 45.4 Å². The normalized spacial score (nSPS) is 19.0. The van der Waals surface area contributed by atoms with Crippen LogP contribution < -0.4 is 29.9 Å². The largest absolute Gasteiger partial charge is 0.497 e. The molecule has 4 aromatic carbocycles. The van der Waals surface area contributed by atoms with E-state index < -0.39 is 0 Å². The third kappa shape index (κ3) is 10.9. The zero-order valence-electron chi connectivity index (χ0n) is 44.6. The molecule has 14 heteroatoms. The number of amides is 2. The molecular formula is C59H74N10O4. The SMILES string of the molecule is COc1cc(-c2cn(Cc3cc(N4CC5CN(C)CC5C4)cc(C(=O)N[C@H](C)c4cc(OC)cc(-c5cn(C)nc5C)c4)c3C)nc2C)cc([C@@H](C)NC(=O)c2cc(N3CCN(CC4CC4)CC3)ccc2C)c1. The Kier molecular flexibility index (Phi) is 14.2. The van der Waals surface area contributed by atoms with Gasteiger partial charge in [0, 0.05) is 112 Å². The van der Waals surface area contributed by atoms with Crippen molar-refractivity contribution in [3.8, 4) is 33.8 Å². The van der Waals surface area contributed by atoms with Crippen LogP contribution in [0.4, 0.5) is 11.4 Å². The average molecular weight is 987 g/mol. The minimum absolute atomic E-state index is 0.0949. The van der Waals surface area contributed by atoms with Crippen LogP contribution in [0.5, 0.6) is 11.5 Å². The molecule has 10 rings (SSSR count). The molecule has 14 nitrogen and oxygen atoms in total. The van der Waals surface area contributed by atoms with Gasteiger partial charge in [-0.25, -0.2) is 0 Å². The van der Waals surface area contributed by atoms with Crippen molar-refractivity contribution < 1.29 is 19.1 Å². The third-order valence-electron chi connectivity index (χ3n) is 16.1. The van der Waals surface area contributed by atoms with Crippen LogP contribution in [0.25, 0.3) is 22.3 Å². The molecule has 4 atom stereocenters. The number of aromatic nitrogens is 4. The first-order chi connectivity index (χ1) is 35.1. The van der Waals surface area contributed by atoms with Crippen LogP contribution in [0.15, 0.2) is 79.1 Å². The summed E-state index contributed by atoms with van der Waals surface area (Å²) in [6, 6.07) is 22.3. The van der Waals surface area contributed by atoms with E-state index in [-0.39, 0.29) is 23.9 Å². The number of fused-ring (bicyclic) bond motifs is 1. The zero-order valence-corrected chi connectivity index (χ0v) is 44.6. The molecule has 384 valence electrons. The molecule has 5 heterocycles. The first-order valence-corrected chi connectivity index (χ1v) is 26.3. The van der Waals surface area contributed by atoms with E-state index in [4.69, 9.17) is 14.6 Å². The Morgan fingerprint density at radius 1 is 0.658 bits per heavy atom. The monoisotopic (exact) mass is 987 g/mol. The molecule has 0 radical (unpaired) electrons. The van der Waals surface area contributed by atoms with Crippen molar-refractivity contribution >= 4 is 23.2 Å². The van der Waals surface area contributed by atoms with Gasteiger partial charge in [-0.2, -0.15) is 10.2 Å². The average Bonchev–Trinajstić information content (AvgIpc) is 3.61. The highest BCUT2D eigenvalue weighted by atomic mass is 16.5. The zero-order chi connectivity index (χ0) is 51.2. The van der Waals surface area contributed by atoms with Gasteiger partial charge in [0.15, 0.2) is 0 Å². The van der Waals surface area contributed by atoms with E-state index in [1.165, 1.54) is 19.4 Å². The van der Waals surface area contributed by atoms with E-state index in [9.17, 15) is 9.59 Å². The number of hydrogen-bond acceptors (Lipinski definition) is 10. The molecule has 1 saturated carbocycles. The van der Waals surface area contributed by atoms with Gasteiger partial charge in [-0.15, -0.1) is 0 Å². The predicted molar refractivity (Wildman–Crippen MR) is 290 cm³/mol. The van der Waals surface area contributed by atoms with Crippen molar-refractivity contribution in [3.05, 3.63) is 129 Å². The van der Waals surface area contributed by atoms with Crippen molar-refractivity contribution in [3.63, 3.8) is 0 Å². The van der Waals surface area contributed by atoms with E-state index in [2.05, 4.69) is 98.0 Å². The van der Waals surface area contributed by atoms with Crippen LogP contribution in [0.2, 0.25) is 0 Å². The second-order valence-electron chi connectivity index (χ2n) is 21.7. The number of ether oxygens (including phenoxy) is 2. The minimum atomic E-state index is -0.311. The number of aryl methyl sites for hydroxylation is 4. The number of carbonyl (C=O) groups is 2. The number of likely N-dealkylation sites (tertiary alicyclic amines) is 1. The number of nitrogens with one attached hydrogen (secondary N) is 2. The van der Waals surface area contributed by atoms with Gasteiger partial charge in [0.05, 0.1) is 44.2 Å². The van der Waals surface area contributed by atoms with Crippen molar-refractivity contribution in [2.45, 2.75) is 73.0 Å². The van der Waals surface area contributed by atoms with Crippen molar-refractivity contribution in [1.29, 1.82) is 0 Å². The van der Waals surface area contributed by atoms with Crippen molar-refractivity contribution in [2.24, 2.45) is 24.8 Å². The van der Waals surface area contributed by atoms with E-state index in [1.807, 2.05) is 81.5 Å². The smallest absolute Gasteiger partial charge is 0.252 e.